The van der Waals surface area contributed by atoms with Crippen molar-refractivity contribution in [2.24, 2.45) is 0 Å². The molecular formula is C21H26N2O3. The topological polar surface area (TPSA) is 60.3 Å². The Morgan fingerprint density at radius 3 is 2.85 bits per heavy atom. The Kier molecular flexibility index (Phi) is 4.57. The number of carbonyl (C=O) groups is 1. The van der Waals surface area contributed by atoms with Crippen LogP contribution in [0.1, 0.15) is 44.1 Å². The molecule has 1 N–H and O–H groups in total. The first-order valence-corrected chi connectivity index (χ1v) is 9.59. The summed E-state index contributed by atoms with van der Waals surface area (Å²) in [5.74, 6) is -0.123. The maximum absolute atomic E-state index is 12.6. The predicted octanol–water partition coefficient (Wildman–Crippen LogP) is 2.92. The Hall–Kier alpha value is -2.14. The van der Waals surface area contributed by atoms with Crippen molar-refractivity contribution in [2.75, 3.05) is 6.61 Å². The number of nitrogens with zero attached hydrogens (tertiary/aromatic N) is 1. The van der Waals surface area contributed by atoms with E-state index >= 15 is 0 Å². The normalized spacial score (nSPS) is 22.0. The van der Waals surface area contributed by atoms with Crippen molar-refractivity contribution in [3.8, 4) is 0 Å². The SMILES string of the molecule is Cc1cc(=O)n(CC(=O)N[C@@H]2COC3(CCCCC3)C2)c2ccccc12. The van der Waals surface area contributed by atoms with Crippen molar-refractivity contribution in [3.05, 3.63) is 46.2 Å². The van der Waals surface area contributed by atoms with Gasteiger partial charge in [0.1, 0.15) is 6.54 Å². The molecule has 0 bridgehead atoms. The summed E-state index contributed by atoms with van der Waals surface area (Å²) in [7, 11) is 0. The summed E-state index contributed by atoms with van der Waals surface area (Å²) < 4.78 is 7.63. The van der Waals surface area contributed by atoms with Crippen LogP contribution < -0.4 is 10.9 Å². The maximum atomic E-state index is 12.6. The van der Waals surface area contributed by atoms with Gasteiger partial charge in [-0.05, 0) is 37.8 Å². The zero-order valence-electron chi connectivity index (χ0n) is 15.3. The van der Waals surface area contributed by atoms with Gasteiger partial charge in [-0.1, -0.05) is 37.5 Å². The lowest BCUT2D eigenvalue weighted by Gasteiger charge is -2.32. The molecule has 1 aliphatic heterocycles. The van der Waals surface area contributed by atoms with Gasteiger partial charge in [-0.15, -0.1) is 0 Å². The van der Waals surface area contributed by atoms with Crippen molar-refractivity contribution >= 4 is 16.8 Å². The molecule has 1 saturated heterocycles. The van der Waals surface area contributed by atoms with E-state index in [1.54, 1.807) is 10.6 Å². The van der Waals surface area contributed by atoms with Gasteiger partial charge in [0.05, 0.1) is 23.8 Å². The smallest absolute Gasteiger partial charge is 0.251 e. The number of fused-ring (bicyclic) bond motifs is 1. The van der Waals surface area contributed by atoms with E-state index in [-0.39, 0.29) is 29.7 Å². The average molecular weight is 354 g/mol. The zero-order valence-corrected chi connectivity index (χ0v) is 15.3. The number of aryl methyl sites for hydroxylation is 1. The molecule has 2 aromatic rings. The Morgan fingerprint density at radius 2 is 2.04 bits per heavy atom. The van der Waals surface area contributed by atoms with Gasteiger partial charge in [0.2, 0.25) is 5.91 Å². The van der Waals surface area contributed by atoms with E-state index in [2.05, 4.69) is 5.32 Å². The third kappa shape index (κ3) is 3.28. The Labute approximate surface area is 153 Å². The number of carbonyl (C=O) groups excluding carboxylic acids is 1. The third-order valence-corrected chi connectivity index (χ3v) is 5.87. The fourth-order valence-corrected chi connectivity index (χ4v) is 4.56. The molecule has 5 nitrogen and oxygen atoms in total. The summed E-state index contributed by atoms with van der Waals surface area (Å²) in [6.45, 7) is 2.55. The quantitative estimate of drug-likeness (QED) is 0.922. The first-order chi connectivity index (χ1) is 12.6. The monoisotopic (exact) mass is 354 g/mol. The molecule has 26 heavy (non-hydrogen) atoms. The second-order valence-corrected chi connectivity index (χ2v) is 7.79. The predicted molar refractivity (Wildman–Crippen MR) is 101 cm³/mol. The summed E-state index contributed by atoms with van der Waals surface area (Å²) in [5, 5.41) is 4.09. The zero-order chi connectivity index (χ0) is 18.1. The van der Waals surface area contributed by atoms with Crippen LogP contribution in [0.25, 0.3) is 10.9 Å². The second-order valence-electron chi connectivity index (χ2n) is 7.79. The van der Waals surface area contributed by atoms with Gasteiger partial charge < -0.3 is 10.1 Å². The Morgan fingerprint density at radius 1 is 1.27 bits per heavy atom. The van der Waals surface area contributed by atoms with Gasteiger partial charge in [-0.2, -0.15) is 0 Å². The summed E-state index contributed by atoms with van der Waals surface area (Å²) >= 11 is 0. The van der Waals surface area contributed by atoms with E-state index in [0.29, 0.717) is 6.61 Å². The van der Waals surface area contributed by atoms with Crippen LogP contribution >= 0.6 is 0 Å². The van der Waals surface area contributed by atoms with Crippen molar-refractivity contribution in [3.63, 3.8) is 0 Å². The molecule has 1 aromatic heterocycles. The number of para-hydroxylation sites is 1. The lowest BCUT2D eigenvalue weighted by molar-refractivity contribution is -0.122. The Bertz CT molecular complexity index is 880. The molecule has 2 fully saturated rings. The molecule has 4 rings (SSSR count). The molecule has 1 amide bonds. The van der Waals surface area contributed by atoms with Crippen LogP contribution in [-0.2, 0) is 16.1 Å². The first-order valence-electron chi connectivity index (χ1n) is 9.59. The molecule has 0 unspecified atom stereocenters. The molecule has 0 radical (unpaired) electrons. The number of nitrogens with one attached hydrogen (secondary N) is 1. The van der Waals surface area contributed by atoms with Crippen LogP contribution in [0.5, 0.6) is 0 Å². The van der Waals surface area contributed by atoms with Crippen LogP contribution in [0.4, 0.5) is 0 Å². The Balaban J connectivity index is 1.48. The summed E-state index contributed by atoms with van der Waals surface area (Å²) in [4.78, 5) is 25.0. The van der Waals surface area contributed by atoms with Crippen LogP contribution in [0, 0.1) is 6.92 Å². The lowest BCUT2D eigenvalue weighted by atomic mass is 9.82. The molecule has 1 saturated carbocycles. The fraction of sp³-hybridized carbons (Fsp3) is 0.524. The average Bonchev–Trinajstić information content (AvgIpc) is 3.01. The number of ether oxygens (including phenoxy) is 1. The number of hydrogen-bond donors (Lipinski definition) is 1. The lowest BCUT2D eigenvalue weighted by Crippen LogP contribution is -2.40. The van der Waals surface area contributed by atoms with Crippen LogP contribution in [0.15, 0.2) is 35.1 Å². The molecule has 1 spiro atoms. The minimum atomic E-state index is -0.136. The number of benzene rings is 1. The molecule has 138 valence electrons. The molecule has 5 heteroatoms. The van der Waals surface area contributed by atoms with Crippen LogP contribution in [0.3, 0.4) is 0 Å². The number of pyridine rings is 1. The highest BCUT2D eigenvalue weighted by Gasteiger charge is 2.41. The van der Waals surface area contributed by atoms with E-state index in [1.165, 1.54) is 19.3 Å². The van der Waals surface area contributed by atoms with Gasteiger partial charge in [-0.25, -0.2) is 0 Å². The summed E-state index contributed by atoms with van der Waals surface area (Å²) in [5.41, 5.74) is 1.58. The van der Waals surface area contributed by atoms with E-state index in [0.717, 1.165) is 35.7 Å². The highest BCUT2D eigenvalue weighted by atomic mass is 16.5. The van der Waals surface area contributed by atoms with Crippen molar-refractivity contribution in [2.45, 2.75) is 63.6 Å². The first kappa shape index (κ1) is 17.3. The number of rotatable bonds is 3. The molecule has 1 aromatic carbocycles. The molecule has 2 aliphatic rings. The van der Waals surface area contributed by atoms with Gasteiger partial charge in [0.25, 0.3) is 5.56 Å². The summed E-state index contributed by atoms with van der Waals surface area (Å²) in [6.07, 6.45) is 6.80. The third-order valence-electron chi connectivity index (χ3n) is 5.87. The van der Waals surface area contributed by atoms with Gasteiger partial charge in [-0.3, -0.25) is 14.2 Å². The van der Waals surface area contributed by atoms with E-state index in [9.17, 15) is 9.59 Å². The van der Waals surface area contributed by atoms with Gasteiger partial charge >= 0.3 is 0 Å². The number of hydrogen-bond acceptors (Lipinski definition) is 3. The van der Waals surface area contributed by atoms with E-state index in [4.69, 9.17) is 4.74 Å². The van der Waals surface area contributed by atoms with Crippen LogP contribution in [0.2, 0.25) is 0 Å². The van der Waals surface area contributed by atoms with Gasteiger partial charge in [0.15, 0.2) is 0 Å². The standard InChI is InChI=1S/C21H26N2O3/c1-15-11-20(25)23(18-8-4-3-7-17(15)18)13-19(24)22-16-12-21(26-14-16)9-5-2-6-10-21/h3-4,7-8,11,16H,2,5-6,9-10,12-14H2,1H3,(H,22,24)/t16-/m0/s1. The number of aromatic nitrogens is 1. The minimum absolute atomic E-state index is 0.0242. The second kappa shape index (κ2) is 6.88. The number of amides is 1. The van der Waals surface area contributed by atoms with Crippen molar-refractivity contribution in [1.29, 1.82) is 0 Å². The minimum Gasteiger partial charge on any atom is -0.373 e. The highest BCUT2D eigenvalue weighted by Crippen LogP contribution is 2.39. The van der Waals surface area contributed by atoms with Crippen molar-refractivity contribution < 1.29 is 9.53 Å². The molecule has 2 heterocycles. The summed E-state index contributed by atoms with van der Waals surface area (Å²) in [6, 6.07) is 9.37. The van der Waals surface area contributed by atoms with E-state index < -0.39 is 0 Å². The molecule has 1 aliphatic carbocycles. The molecular weight excluding hydrogens is 328 g/mol. The van der Waals surface area contributed by atoms with Crippen molar-refractivity contribution in [1.82, 2.24) is 9.88 Å². The van der Waals surface area contributed by atoms with Gasteiger partial charge in [0, 0.05) is 11.5 Å². The fourth-order valence-electron chi connectivity index (χ4n) is 4.56. The highest BCUT2D eigenvalue weighted by molar-refractivity contribution is 5.84. The maximum Gasteiger partial charge on any atom is 0.251 e. The van der Waals surface area contributed by atoms with Crippen LogP contribution in [-0.4, -0.2) is 28.7 Å². The van der Waals surface area contributed by atoms with E-state index in [1.807, 2.05) is 31.2 Å². The molecule has 1 atom stereocenters. The largest absolute Gasteiger partial charge is 0.373 e.